The van der Waals surface area contributed by atoms with Gasteiger partial charge in [-0.05, 0) is 38.3 Å². The quantitative estimate of drug-likeness (QED) is 0.507. The normalized spacial score (nSPS) is 14.3. The Hall–Kier alpha value is -1.75. The van der Waals surface area contributed by atoms with E-state index in [-0.39, 0.29) is 18.6 Å². The van der Waals surface area contributed by atoms with Crippen LogP contribution in [0.5, 0.6) is 5.75 Å². The van der Waals surface area contributed by atoms with Crippen LogP contribution in [-0.2, 0) is 0 Å². The van der Waals surface area contributed by atoms with Crippen molar-refractivity contribution < 1.29 is 9.84 Å². The summed E-state index contributed by atoms with van der Waals surface area (Å²) in [6, 6.07) is 8.00. The third kappa shape index (κ3) is 6.80. The van der Waals surface area contributed by atoms with Crippen molar-refractivity contribution in [2.45, 2.75) is 33.8 Å². The molecule has 0 fully saturated rings. The summed E-state index contributed by atoms with van der Waals surface area (Å²) in [5.41, 5.74) is 1.13. The number of rotatable bonds is 8. The number of guanidine groups is 1. The first-order valence-corrected chi connectivity index (χ1v) is 7.92. The second-order valence-corrected chi connectivity index (χ2v) is 5.58. The van der Waals surface area contributed by atoms with Crippen LogP contribution in [0.25, 0.3) is 0 Å². The molecule has 3 N–H and O–H groups in total. The summed E-state index contributed by atoms with van der Waals surface area (Å²) in [4.78, 5) is 4.46. The Morgan fingerprint density at radius 3 is 2.64 bits per heavy atom. The van der Waals surface area contributed by atoms with Gasteiger partial charge in [0.05, 0.1) is 6.54 Å². The molecule has 0 aliphatic rings. The van der Waals surface area contributed by atoms with Crippen molar-refractivity contribution in [3.05, 3.63) is 29.8 Å². The molecule has 5 nitrogen and oxygen atoms in total. The number of nitrogens with one attached hydrogen (secondary N) is 2. The molecule has 22 heavy (non-hydrogen) atoms. The molecule has 0 spiro atoms. The zero-order valence-electron chi connectivity index (χ0n) is 14.1. The maximum absolute atomic E-state index is 9.06. The van der Waals surface area contributed by atoms with Crippen LogP contribution in [0.1, 0.15) is 26.3 Å². The van der Waals surface area contributed by atoms with E-state index in [0.29, 0.717) is 13.1 Å². The summed E-state index contributed by atoms with van der Waals surface area (Å²) in [5, 5.41) is 15.5. The van der Waals surface area contributed by atoms with E-state index < -0.39 is 0 Å². The SMILES string of the molecule is CCNC(=NCC(C)CO)NCC(C)Oc1ccccc1C. The fraction of sp³-hybridized carbons (Fsp3) is 0.588. The summed E-state index contributed by atoms with van der Waals surface area (Å²) in [5.74, 6) is 1.83. The first-order chi connectivity index (χ1) is 10.6. The second kappa shape index (κ2) is 10.1. The number of aliphatic hydroxyl groups is 1. The van der Waals surface area contributed by atoms with Gasteiger partial charge in [-0.2, -0.15) is 0 Å². The van der Waals surface area contributed by atoms with Crippen LogP contribution in [0, 0.1) is 12.8 Å². The van der Waals surface area contributed by atoms with Crippen LogP contribution >= 0.6 is 0 Å². The minimum atomic E-state index is 0.0280. The van der Waals surface area contributed by atoms with E-state index in [9.17, 15) is 0 Å². The smallest absolute Gasteiger partial charge is 0.191 e. The molecule has 0 heterocycles. The summed E-state index contributed by atoms with van der Waals surface area (Å²) in [7, 11) is 0. The third-order valence-electron chi connectivity index (χ3n) is 3.20. The topological polar surface area (TPSA) is 65.9 Å². The fourth-order valence-electron chi connectivity index (χ4n) is 1.83. The van der Waals surface area contributed by atoms with E-state index in [1.165, 1.54) is 0 Å². The highest BCUT2D eigenvalue weighted by Crippen LogP contribution is 2.17. The lowest BCUT2D eigenvalue weighted by Crippen LogP contribution is -2.42. The summed E-state index contributed by atoms with van der Waals surface area (Å²) < 4.78 is 5.94. The molecule has 1 aromatic carbocycles. The van der Waals surface area contributed by atoms with Gasteiger partial charge in [0, 0.05) is 19.7 Å². The van der Waals surface area contributed by atoms with Gasteiger partial charge in [0.15, 0.2) is 5.96 Å². The molecular weight excluding hydrogens is 278 g/mol. The number of nitrogens with zero attached hydrogens (tertiary/aromatic N) is 1. The molecule has 0 saturated carbocycles. The first kappa shape index (κ1) is 18.3. The molecule has 0 saturated heterocycles. The molecule has 0 aliphatic carbocycles. The molecule has 2 atom stereocenters. The molecule has 0 bridgehead atoms. The highest BCUT2D eigenvalue weighted by molar-refractivity contribution is 5.79. The number of hydrogen-bond acceptors (Lipinski definition) is 3. The maximum Gasteiger partial charge on any atom is 0.191 e. The average molecular weight is 307 g/mol. The summed E-state index contributed by atoms with van der Waals surface area (Å²) in [6.45, 7) is 10.3. The Morgan fingerprint density at radius 2 is 2.00 bits per heavy atom. The number of benzene rings is 1. The summed E-state index contributed by atoms with van der Waals surface area (Å²) >= 11 is 0. The number of aliphatic hydroxyl groups excluding tert-OH is 1. The van der Waals surface area contributed by atoms with Crippen molar-refractivity contribution in [3.63, 3.8) is 0 Å². The van der Waals surface area contributed by atoms with Gasteiger partial charge < -0.3 is 20.5 Å². The standard InChI is InChI=1S/C17H29N3O2/c1-5-18-17(19-10-13(2)12-21)20-11-15(4)22-16-9-7-6-8-14(16)3/h6-9,13,15,21H,5,10-12H2,1-4H3,(H2,18,19,20). The van der Waals surface area contributed by atoms with Crippen molar-refractivity contribution in [1.82, 2.24) is 10.6 Å². The molecule has 124 valence electrons. The van der Waals surface area contributed by atoms with E-state index in [4.69, 9.17) is 9.84 Å². The highest BCUT2D eigenvalue weighted by Gasteiger charge is 2.07. The van der Waals surface area contributed by atoms with Gasteiger partial charge in [-0.25, -0.2) is 0 Å². The predicted octanol–water partition coefficient (Wildman–Crippen LogP) is 1.95. The molecule has 0 radical (unpaired) electrons. The molecule has 0 amide bonds. The number of aliphatic imine (C=N–C) groups is 1. The van der Waals surface area contributed by atoms with E-state index in [1.807, 2.05) is 52.0 Å². The highest BCUT2D eigenvalue weighted by atomic mass is 16.5. The van der Waals surface area contributed by atoms with Gasteiger partial charge in [-0.15, -0.1) is 0 Å². The number of hydrogen-bond donors (Lipinski definition) is 3. The molecule has 1 rings (SSSR count). The Labute approximate surface area is 133 Å². The maximum atomic E-state index is 9.06. The van der Waals surface area contributed by atoms with Crippen molar-refractivity contribution in [3.8, 4) is 5.75 Å². The van der Waals surface area contributed by atoms with Crippen LogP contribution < -0.4 is 15.4 Å². The van der Waals surface area contributed by atoms with Crippen LogP contribution in [-0.4, -0.2) is 43.4 Å². The number of ether oxygens (including phenoxy) is 1. The largest absolute Gasteiger partial charge is 0.489 e. The third-order valence-corrected chi connectivity index (χ3v) is 3.20. The second-order valence-electron chi connectivity index (χ2n) is 5.58. The molecule has 0 aromatic heterocycles. The number of aryl methyl sites for hydroxylation is 1. The molecule has 0 aliphatic heterocycles. The Morgan fingerprint density at radius 1 is 1.27 bits per heavy atom. The van der Waals surface area contributed by atoms with Crippen molar-refractivity contribution in [2.24, 2.45) is 10.9 Å². The van der Waals surface area contributed by atoms with Gasteiger partial charge in [0.2, 0.25) is 0 Å². The zero-order chi connectivity index (χ0) is 16.4. The van der Waals surface area contributed by atoms with Crippen molar-refractivity contribution in [2.75, 3.05) is 26.2 Å². The zero-order valence-corrected chi connectivity index (χ0v) is 14.1. The van der Waals surface area contributed by atoms with Crippen molar-refractivity contribution in [1.29, 1.82) is 0 Å². The summed E-state index contributed by atoms with van der Waals surface area (Å²) in [6.07, 6.45) is 0.0280. The lowest BCUT2D eigenvalue weighted by molar-refractivity contribution is 0.222. The minimum Gasteiger partial charge on any atom is -0.489 e. The van der Waals surface area contributed by atoms with Gasteiger partial charge in [0.25, 0.3) is 0 Å². The van der Waals surface area contributed by atoms with Crippen LogP contribution in [0.4, 0.5) is 0 Å². The first-order valence-electron chi connectivity index (χ1n) is 7.92. The van der Waals surface area contributed by atoms with Gasteiger partial charge in [-0.1, -0.05) is 25.1 Å². The van der Waals surface area contributed by atoms with Crippen LogP contribution in [0.2, 0.25) is 0 Å². The van der Waals surface area contributed by atoms with Gasteiger partial charge in [-0.3, -0.25) is 4.99 Å². The lowest BCUT2D eigenvalue weighted by Gasteiger charge is -2.19. The average Bonchev–Trinajstić information content (AvgIpc) is 2.52. The van der Waals surface area contributed by atoms with E-state index in [2.05, 4.69) is 15.6 Å². The van der Waals surface area contributed by atoms with Crippen LogP contribution in [0.15, 0.2) is 29.3 Å². The van der Waals surface area contributed by atoms with Crippen molar-refractivity contribution >= 4 is 5.96 Å². The Kier molecular flexibility index (Phi) is 8.36. The molecule has 1 aromatic rings. The van der Waals surface area contributed by atoms with Gasteiger partial charge >= 0.3 is 0 Å². The van der Waals surface area contributed by atoms with E-state index in [0.717, 1.165) is 23.8 Å². The minimum absolute atomic E-state index is 0.0280. The molecule has 5 heteroatoms. The monoisotopic (exact) mass is 307 g/mol. The Balaban J connectivity index is 2.48. The lowest BCUT2D eigenvalue weighted by atomic mass is 10.2. The van der Waals surface area contributed by atoms with E-state index in [1.54, 1.807) is 0 Å². The van der Waals surface area contributed by atoms with Crippen LogP contribution in [0.3, 0.4) is 0 Å². The fourth-order valence-corrected chi connectivity index (χ4v) is 1.83. The van der Waals surface area contributed by atoms with E-state index >= 15 is 0 Å². The number of para-hydroxylation sites is 1. The molecule has 2 unspecified atom stereocenters. The Bertz CT molecular complexity index is 463. The predicted molar refractivity (Wildman–Crippen MR) is 91.5 cm³/mol. The molecular formula is C17H29N3O2. The van der Waals surface area contributed by atoms with Gasteiger partial charge in [0.1, 0.15) is 11.9 Å².